The van der Waals surface area contributed by atoms with Crippen molar-refractivity contribution in [2.45, 2.75) is 59.1 Å². The van der Waals surface area contributed by atoms with Crippen LogP contribution in [0, 0.1) is 10.1 Å². The van der Waals surface area contributed by atoms with Gasteiger partial charge in [0.2, 0.25) is 0 Å². The van der Waals surface area contributed by atoms with Crippen molar-refractivity contribution in [2.24, 2.45) is 4.99 Å². The van der Waals surface area contributed by atoms with E-state index in [0.29, 0.717) is 34.0 Å². The number of aromatic nitrogens is 1. The van der Waals surface area contributed by atoms with E-state index in [1.807, 2.05) is 24.3 Å². The second kappa shape index (κ2) is 12.2. The molecule has 0 amide bonds. The summed E-state index contributed by atoms with van der Waals surface area (Å²) in [5.74, 6) is 0.148. The van der Waals surface area contributed by atoms with Crippen LogP contribution in [0.5, 0.6) is 5.75 Å². The summed E-state index contributed by atoms with van der Waals surface area (Å²) in [5, 5.41) is 11.5. The number of fused-ring (bicyclic) bond motifs is 1. The zero-order valence-corrected chi connectivity index (χ0v) is 23.2. The van der Waals surface area contributed by atoms with Gasteiger partial charge in [-0.15, -0.1) is 0 Å². The summed E-state index contributed by atoms with van der Waals surface area (Å²) in [5.41, 5.74) is 1.22. The molecule has 39 heavy (non-hydrogen) atoms. The van der Waals surface area contributed by atoms with Gasteiger partial charge in [0, 0.05) is 6.07 Å². The van der Waals surface area contributed by atoms with Crippen molar-refractivity contribution >= 4 is 29.1 Å². The zero-order valence-electron chi connectivity index (χ0n) is 22.4. The zero-order chi connectivity index (χ0) is 28.1. The highest BCUT2D eigenvalue weighted by atomic mass is 32.1. The van der Waals surface area contributed by atoms with Gasteiger partial charge in [0.1, 0.15) is 5.75 Å². The van der Waals surface area contributed by atoms with Gasteiger partial charge in [-0.3, -0.25) is 19.5 Å². The molecule has 2 heterocycles. The van der Waals surface area contributed by atoms with Crippen molar-refractivity contribution in [1.29, 1.82) is 0 Å². The minimum absolute atomic E-state index is 0.105. The van der Waals surface area contributed by atoms with E-state index in [-0.39, 0.29) is 21.9 Å². The predicted molar refractivity (Wildman–Crippen MR) is 150 cm³/mol. The van der Waals surface area contributed by atoms with Gasteiger partial charge < -0.3 is 9.47 Å². The molecule has 1 aromatic heterocycles. The van der Waals surface area contributed by atoms with E-state index in [0.717, 1.165) is 30.6 Å². The molecule has 1 atom stereocenters. The number of hydrogen-bond acceptors (Lipinski definition) is 8. The number of esters is 1. The molecule has 0 fully saturated rings. The minimum Gasteiger partial charge on any atom is -0.494 e. The van der Waals surface area contributed by atoms with Crippen LogP contribution in [0.25, 0.3) is 6.08 Å². The average molecular weight is 550 g/mol. The number of allylic oxidation sites excluding steroid dienone is 1. The van der Waals surface area contributed by atoms with Crippen LogP contribution in [0.4, 0.5) is 5.69 Å². The molecule has 2 aromatic carbocycles. The first kappa shape index (κ1) is 28.0. The molecule has 0 saturated heterocycles. The van der Waals surface area contributed by atoms with Gasteiger partial charge in [0.15, 0.2) is 4.80 Å². The van der Waals surface area contributed by atoms with E-state index in [2.05, 4.69) is 11.9 Å². The molecule has 1 unspecified atom stereocenters. The smallest absolute Gasteiger partial charge is 0.338 e. The van der Waals surface area contributed by atoms with Crippen LogP contribution in [0.15, 0.2) is 69.6 Å². The maximum atomic E-state index is 13.8. The fourth-order valence-corrected chi connectivity index (χ4v) is 5.42. The molecule has 4 rings (SSSR count). The summed E-state index contributed by atoms with van der Waals surface area (Å²) in [6.45, 7) is 7.98. The molecular formula is C29H31N3O6S. The summed E-state index contributed by atoms with van der Waals surface area (Å²) in [4.78, 5) is 43.0. The second-order valence-electron chi connectivity index (χ2n) is 9.48. The van der Waals surface area contributed by atoms with Crippen LogP contribution in [-0.2, 0) is 9.53 Å². The third-order valence-electron chi connectivity index (χ3n) is 6.22. The maximum Gasteiger partial charge on any atom is 0.338 e. The number of nitrogens with zero attached hydrogens (tertiary/aromatic N) is 3. The molecule has 0 bridgehead atoms. The van der Waals surface area contributed by atoms with Crippen molar-refractivity contribution in [1.82, 2.24) is 4.57 Å². The van der Waals surface area contributed by atoms with Gasteiger partial charge in [-0.2, -0.15) is 0 Å². The lowest BCUT2D eigenvalue weighted by atomic mass is 9.96. The Hall–Kier alpha value is -4.05. The normalized spacial score (nSPS) is 15.2. The van der Waals surface area contributed by atoms with Gasteiger partial charge in [-0.25, -0.2) is 9.79 Å². The Morgan fingerprint density at radius 1 is 1.18 bits per heavy atom. The number of hydrogen-bond donors (Lipinski definition) is 0. The van der Waals surface area contributed by atoms with Gasteiger partial charge in [-0.05, 0) is 57.0 Å². The van der Waals surface area contributed by atoms with Crippen molar-refractivity contribution in [3.05, 3.63) is 101 Å². The monoisotopic (exact) mass is 549 g/mol. The first-order valence-corrected chi connectivity index (χ1v) is 13.7. The molecule has 1 aliphatic rings. The number of carbonyl (C=O) groups excluding carboxylic acids is 1. The van der Waals surface area contributed by atoms with Crippen LogP contribution in [-0.4, -0.2) is 28.2 Å². The fourth-order valence-electron chi connectivity index (χ4n) is 4.38. The molecule has 10 heteroatoms. The van der Waals surface area contributed by atoms with E-state index in [1.165, 1.54) is 16.7 Å². The molecule has 0 N–H and O–H groups in total. The highest BCUT2D eigenvalue weighted by Crippen LogP contribution is 2.32. The summed E-state index contributed by atoms with van der Waals surface area (Å²) in [7, 11) is 0. The predicted octanol–water partition coefficient (Wildman–Crippen LogP) is 4.66. The number of benzene rings is 2. The first-order valence-electron chi connectivity index (χ1n) is 12.9. The van der Waals surface area contributed by atoms with Gasteiger partial charge in [0.25, 0.3) is 11.2 Å². The Morgan fingerprint density at radius 3 is 2.56 bits per heavy atom. The number of thiazole rings is 1. The molecule has 0 aliphatic carbocycles. The Bertz CT molecular complexity index is 1580. The third kappa shape index (κ3) is 6.17. The van der Waals surface area contributed by atoms with E-state index < -0.39 is 22.5 Å². The lowest BCUT2D eigenvalue weighted by Crippen LogP contribution is -2.40. The number of para-hydroxylation sites is 1. The van der Waals surface area contributed by atoms with Crippen LogP contribution < -0.4 is 19.6 Å². The highest BCUT2D eigenvalue weighted by Gasteiger charge is 2.34. The lowest BCUT2D eigenvalue weighted by molar-refractivity contribution is -0.385. The van der Waals surface area contributed by atoms with E-state index >= 15 is 0 Å². The summed E-state index contributed by atoms with van der Waals surface area (Å²) in [6.07, 6.45) is 4.29. The third-order valence-corrected chi connectivity index (χ3v) is 7.20. The van der Waals surface area contributed by atoms with Crippen molar-refractivity contribution in [3.8, 4) is 5.75 Å². The number of nitro benzene ring substituents is 1. The molecule has 1 aliphatic heterocycles. The van der Waals surface area contributed by atoms with E-state index in [9.17, 15) is 19.7 Å². The topological polar surface area (TPSA) is 113 Å². The second-order valence-corrected chi connectivity index (χ2v) is 10.5. The molecular weight excluding hydrogens is 518 g/mol. The highest BCUT2D eigenvalue weighted by molar-refractivity contribution is 7.07. The van der Waals surface area contributed by atoms with E-state index in [4.69, 9.17) is 9.47 Å². The number of carbonyl (C=O) groups is 1. The molecule has 0 saturated carbocycles. The molecule has 0 radical (unpaired) electrons. The summed E-state index contributed by atoms with van der Waals surface area (Å²) in [6, 6.07) is 12.8. The number of unbranched alkanes of at least 4 members (excludes halogenated alkanes) is 2. The Balaban J connectivity index is 1.83. The van der Waals surface area contributed by atoms with Crippen molar-refractivity contribution in [2.75, 3.05) is 6.61 Å². The summed E-state index contributed by atoms with van der Waals surface area (Å²) >= 11 is 1.12. The van der Waals surface area contributed by atoms with Gasteiger partial charge in [0.05, 0.1) is 45.0 Å². The fraction of sp³-hybridized carbons (Fsp3) is 0.345. The number of rotatable bonds is 10. The maximum absolute atomic E-state index is 13.8. The minimum atomic E-state index is -0.783. The Labute approximate surface area is 229 Å². The number of ether oxygens (including phenoxy) is 2. The number of nitro groups is 1. The van der Waals surface area contributed by atoms with Crippen molar-refractivity contribution < 1.29 is 19.2 Å². The lowest BCUT2D eigenvalue weighted by Gasteiger charge is -2.25. The van der Waals surface area contributed by atoms with Crippen LogP contribution in [0.1, 0.15) is 64.1 Å². The largest absolute Gasteiger partial charge is 0.494 e. The average Bonchev–Trinajstić information content (AvgIpc) is 3.20. The van der Waals surface area contributed by atoms with E-state index in [1.54, 1.807) is 39.0 Å². The molecule has 3 aromatic rings. The quantitative estimate of drug-likeness (QED) is 0.157. The summed E-state index contributed by atoms with van der Waals surface area (Å²) < 4.78 is 13.1. The molecule has 204 valence electrons. The SMILES string of the molecule is CCCCCOc1ccc(C2C(C(=O)OC(C)C)=C(C)N=c3s/c(=C\c4ccccc4[N+](=O)[O-])c(=O)n32)cc1. The van der Waals surface area contributed by atoms with Crippen LogP contribution in [0.2, 0.25) is 0 Å². The van der Waals surface area contributed by atoms with Gasteiger partial charge >= 0.3 is 5.97 Å². The molecule has 9 nitrogen and oxygen atoms in total. The molecule has 0 spiro atoms. The van der Waals surface area contributed by atoms with Crippen LogP contribution in [0.3, 0.4) is 0 Å². The van der Waals surface area contributed by atoms with Gasteiger partial charge in [-0.1, -0.05) is 55.4 Å². The Kier molecular flexibility index (Phi) is 8.75. The van der Waals surface area contributed by atoms with Crippen LogP contribution >= 0.6 is 11.3 Å². The standard InChI is InChI=1S/C29H31N3O6S/c1-5-6-9-16-37-22-14-12-20(13-15-22)26-25(28(34)38-18(2)3)19(4)30-29-31(26)27(33)24(39-29)17-21-10-7-8-11-23(21)32(35)36/h7-8,10-15,17-18,26H,5-6,9,16H2,1-4H3/b24-17-. The first-order chi connectivity index (χ1) is 18.7. The van der Waals surface area contributed by atoms with Crippen molar-refractivity contribution in [3.63, 3.8) is 0 Å². The Morgan fingerprint density at radius 2 is 1.90 bits per heavy atom.